The fraction of sp³-hybridized carbons (Fsp3) is 0.417. The van der Waals surface area contributed by atoms with Gasteiger partial charge in [-0.1, -0.05) is 19.9 Å². The normalized spacial score (nSPS) is 10.1. The molecule has 0 radical (unpaired) electrons. The molecule has 0 fully saturated rings. The molecule has 0 spiro atoms. The fourth-order valence-corrected chi connectivity index (χ4v) is 1.51. The summed E-state index contributed by atoms with van der Waals surface area (Å²) in [6.07, 6.45) is 2.14. The molecule has 4 nitrogen and oxygen atoms in total. The first kappa shape index (κ1) is 13.6. The van der Waals surface area contributed by atoms with Crippen LogP contribution in [0.1, 0.15) is 25.8 Å². The first-order valence-corrected chi connectivity index (χ1v) is 5.92. The van der Waals surface area contributed by atoms with Crippen molar-refractivity contribution < 1.29 is 4.79 Å². The number of aromatic nitrogens is 1. The SMILES string of the molecule is Cc1cccnc1NC(=S)NC(=O)CC(C)C. The van der Waals surface area contributed by atoms with Gasteiger partial charge < -0.3 is 10.6 Å². The van der Waals surface area contributed by atoms with Crippen LogP contribution in [0.4, 0.5) is 5.82 Å². The van der Waals surface area contributed by atoms with E-state index in [9.17, 15) is 4.79 Å². The second-order valence-corrected chi connectivity index (χ2v) is 4.68. The number of amides is 1. The predicted molar refractivity (Wildman–Crippen MR) is 72.8 cm³/mol. The summed E-state index contributed by atoms with van der Waals surface area (Å²) < 4.78 is 0. The van der Waals surface area contributed by atoms with Crippen molar-refractivity contribution in [3.8, 4) is 0 Å². The molecule has 92 valence electrons. The molecule has 0 aromatic carbocycles. The van der Waals surface area contributed by atoms with Gasteiger partial charge in [0, 0.05) is 12.6 Å². The summed E-state index contributed by atoms with van der Waals surface area (Å²) in [6.45, 7) is 5.89. The minimum Gasteiger partial charge on any atom is -0.317 e. The molecule has 1 aromatic rings. The Morgan fingerprint density at radius 1 is 1.53 bits per heavy atom. The lowest BCUT2D eigenvalue weighted by atomic mass is 10.1. The van der Waals surface area contributed by atoms with Crippen molar-refractivity contribution in [1.29, 1.82) is 0 Å². The third-order valence-corrected chi connectivity index (χ3v) is 2.29. The number of nitrogens with zero attached hydrogens (tertiary/aromatic N) is 1. The van der Waals surface area contributed by atoms with Gasteiger partial charge in [-0.15, -0.1) is 0 Å². The van der Waals surface area contributed by atoms with Gasteiger partial charge in [0.1, 0.15) is 5.82 Å². The van der Waals surface area contributed by atoms with Crippen LogP contribution in [0.15, 0.2) is 18.3 Å². The molecule has 0 bridgehead atoms. The minimum atomic E-state index is -0.0777. The van der Waals surface area contributed by atoms with Gasteiger partial charge in [-0.3, -0.25) is 4.79 Å². The van der Waals surface area contributed by atoms with E-state index < -0.39 is 0 Å². The van der Waals surface area contributed by atoms with E-state index in [0.29, 0.717) is 18.2 Å². The van der Waals surface area contributed by atoms with E-state index in [4.69, 9.17) is 12.2 Å². The molecule has 0 saturated carbocycles. The predicted octanol–water partition coefficient (Wildman–Crippen LogP) is 2.25. The van der Waals surface area contributed by atoms with Gasteiger partial charge in [-0.2, -0.15) is 0 Å². The second-order valence-electron chi connectivity index (χ2n) is 4.27. The first-order chi connectivity index (χ1) is 7.99. The minimum absolute atomic E-state index is 0.0777. The summed E-state index contributed by atoms with van der Waals surface area (Å²) in [7, 11) is 0. The molecule has 17 heavy (non-hydrogen) atoms. The second kappa shape index (κ2) is 6.30. The molecule has 0 saturated heterocycles. The highest BCUT2D eigenvalue weighted by atomic mass is 32.1. The van der Waals surface area contributed by atoms with Crippen LogP contribution in [0.25, 0.3) is 0 Å². The highest BCUT2D eigenvalue weighted by Gasteiger charge is 2.08. The van der Waals surface area contributed by atoms with Gasteiger partial charge in [0.05, 0.1) is 0 Å². The molecule has 1 aromatic heterocycles. The number of carbonyl (C=O) groups excluding carboxylic acids is 1. The lowest BCUT2D eigenvalue weighted by Gasteiger charge is -2.11. The number of anilines is 1. The number of thiocarbonyl (C=S) groups is 1. The van der Waals surface area contributed by atoms with Crippen molar-refractivity contribution in [1.82, 2.24) is 10.3 Å². The summed E-state index contributed by atoms with van der Waals surface area (Å²) in [4.78, 5) is 15.6. The summed E-state index contributed by atoms with van der Waals surface area (Å²) in [5.74, 6) is 0.905. The largest absolute Gasteiger partial charge is 0.317 e. The molecule has 1 amide bonds. The number of pyridine rings is 1. The Bertz CT molecular complexity index is 418. The molecule has 0 aliphatic heterocycles. The van der Waals surface area contributed by atoms with E-state index in [1.54, 1.807) is 6.20 Å². The van der Waals surface area contributed by atoms with Gasteiger partial charge >= 0.3 is 0 Å². The molecule has 2 N–H and O–H groups in total. The fourth-order valence-electron chi connectivity index (χ4n) is 1.30. The molecule has 0 atom stereocenters. The Morgan fingerprint density at radius 3 is 2.82 bits per heavy atom. The highest BCUT2D eigenvalue weighted by Crippen LogP contribution is 2.08. The number of nitrogens with one attached hydrogen (secondary N) is 2. The maximum atomic E-state index is 11.5. The topological polar surface area (TPSA) is 54.0 Å². The lowest BCUT2D eigenvalue weighted by molar-refractivity contribution is -0.120. The summed E-state index contributed by atoms with van der Waals surface area (Å²) >= 11 is 5.04. The van der Waals surface area contributed by atoms with E-state index in [1.165, 1.54) is 0 Å². The number of hydrogen-bond donors (Lipinski definition) is 2. The van der Waals surface area contributed by atoms with Crippen molar-refractivity contribution in [3.05, 3.63) is 23.9 Å². The monoisotopic (exact) mass is 251 g/mol. The summed E-state index contributed by atoms with van der Waals surface area (Å²) in [6, 6.07) is 3.77. The van der Waals surface area contributed by atoms with Gasteiger partial charge in [-0.25, -0.2) is 4.98 Å². The van der Waals surface area contributed by atoms with Gasteiger partial charge in [0.15, 0.2) is 5.11 Å². The zero-order valence-corrected chi connectivity index (χ0v) is 11.1. The Morgan fingerprint density at radius 2 is 2.24 bits per heavy atom. The molecule has 1 heterocycles. The third-order valence-electron chi connectivity index (χ3n) is 2.09. The van der Waals surface area contributed by atoms with Gasteiger partial charge in [0.25, 0.3) is 0 Å². The van der Waals surface area contributed by atoms with Crippen molar-refractivity contribution in [3.63, 3.8) is 0 Å². The van der Waals surface area contributed by atoms with Gasteiger partial charge in [-0.05, 0) is 36.7 Å². The van der Waals surface area contributed by atoms with Crippen molar-refractivity contribution in [2.24, 2.45) is 5.92 Å². The Labute approximate surface area is 107 Å². The number of rotatable bonds is 3. The summed E-state index contributed by atoms with van der Waals surface area (Å²) in [5.41, 5.74) is 0.980. The smallest absolute Gasteiger partial charge is 0.226 e. The Balaban J connectivity index is 2.51. The molecule has 5 heteroatoms. The maximum Gasteiger partial charge on any atom is 0.226 e. The molecular weight excluding hydrogens is 234 g/mol. The quantitative estimate of drug-likeness (QED) is 0.809. The van der Waals surface area contributed by atoms with E-state index in [2.05, 4.69) is 15.6 Å². The van der Waals surface area contributed by atoms with Crippen LogP contribution in [0.5, 0.6) is 0 Å². The summed E-state index contributed by atoms with van der Waals surface area (Å²) in [5, 5.41) is 5.82. The number of carbonyl (C=O) groups is 1. The molecule has 0 unspecified atom stereocenters. The van der Waals surface area contributed by atoms with E-state index >= 15 is 0 Å². The van der Waals surface area contributed by atoms with Crippen LogP contribution in [-0.2, 0) is 4.79 Å². The van der Waals surface area contributed by atoms with Crippen LogP contribution in [0.3, 0.4) is 0 Å². The van der Waals surface area contributed by atoms with Crippen LogP contribution in [0, 0.1) is 12.8 Å². The van der Waals surface area contributed by atoms with Crippen molar-refractivity contribution in [2.75, 3.05) is 5.32 Å². The van der Waals surface area contributed by atoms with E-state index in [-0.39, 0.29) is 11.0 Å². The highest BCUT2D eigenvalue weighted by molar-refractivity contribution is 7.80. The maximum absolute atomic E-state index is 11.5. The molecule has 0 aliphatic rings. The lowest BCUT2D eigenvalue weighted by Crippen LogP contribution is -2.35. The average Bonchev–Trinajstić information content (AvgIpc) is 2.19. The average molecular weight is 251 g/mol. The molecule has 1 rings (SSSR count). The molecular formula is C12H17N3OS. The Kier molecular flexibility index (Phi) is 5.03. The number of hydrogen-bond acceptors (Lipinski definition) is 3. The third kappa shape index (κ3) is 4.91. The molecule has 0 aliphatic carbocycles. The van der Waals surface area contributed by atoms with E-state index in [1.807, 2.05) is 32.9 Å². The van der Waals surface area contributed by atoms with E-state index in [0.717, 1.165) is 5.56 Å². The van der Waals surface area contributed by atoms with Crippen LogP contribution < -0.4 is 10.6 Å². The van der Waals surface area contributed by atoms with Crippen LogP contribution in [0.2, 0.25) is 0 Å². The zero-order valence-electron chi connectivity index (χ0n) is 10.3. The Hall–Kier alpha value is -1.49. The van der Waals surface area contributed by atoms with Crippen molar-refractivity contribution >= 4 is 29.1 Å². The standard InChI is InChI=1S/C12H17N3OS/c1-8(2)7-10(16)14-12(17)15-11-9(3)5-4-6-13-11/h4-6,8H,7H2,1-3H3,(H2,13,14,15,16,17). The van der Waals surface area contributed by atoms with Gasteiger partial charge in [0.2, 0.25) is 5.91 Å². The first-order valence-electron chi connectivity index (χ1n) is 5.51. The van der Waals surface area contributed by atoms with Crippen molar-refractivity contribution in [2.45, 2.75) is 27.2 Å². The van der Waals surface area contributed by atoms with Crippen LogP contribution in [-0.4, -0.2) is 16.0 Å². The number of aryl methyl sites for hydroxylation is 1. The van der Waals surface area contributed by atoms with Crippen LogP contribution >= 0.6 is 12.2 Å². The zero-order chi connectivity index (χ0) is 12.8.